The number of halogens is 3. The molecule has 8 nitrogen and oxygen atoms in total. The summed E-state index contributed by atoms with van der Waals surface area (Å²) in [5.74, 6) is -4.27. The fourth-order valence-electron chi connectivity index (χ4n) is 1.26. The molecule has 0 aliphatic carbocycles. The molecular weight excluding hydrogens is 345 g/mol. The van der Waals surface area contributed by atoms with Crippen molar-refractivity contribution in [2.75, 3.05) is 19.5 Å². The second kappa shape index (κ2) is 7.09. The van der Waals surface area contributed by atoms with Gasteiger partial charge in [0.15, 0.2) is 0 Å². The van der Waals surface area contributed by atoms with E-state index in [1.54, 1.807) is 0 Å². The van der Waals surface area contributed by atoms with E-state index in [1.807, 2.05) is 5.32 Å². The zero-order chi connectivity index (χ0) is 17.8. The van der Waals surface area contributed by atoms with E-state index in [-0.39, 0.29) is 15.4 Å². The number of alkyl halides is 3. The molecule has 0 radical (unpaired) electrons. The van der Waals surface area contributed by atoms with Crippen molar-refractivity contribution < 1.29 is 41.8 Å². The summed E-state index contributed by atoms with van der Waals surface area (Å²) in [6.07, 6.45) is -5.25. The van der Waals surface area contributed by atoms with Gasteiger partial charge in [0.05, 0.1) is 19.8 Å². The van der Waals surface area contributed by atoms with Crippen molar-refractivity contribution in [1.29, 1.82) is 0 Å². The minimum Gasteiger partial charge on any atom is -0.465 e. The van der Waals surface area contributed by atoms with E-state index in [4.69, 9.17) is 0 Å². The Morgan fingerprint density at radius 2 is 1.65 bits per heavy atom. The van der Waals surface area contributed by atoms with Crippen LogP contribution >= 0.6 is 11.3 Å². The van der Waals surface area contributed by atoms with Crippen molar-refractivity contribution in [3.05, 3.63) is 16.5 Å². The van der Waals surface area contributed by atoms with Gasteiger partial charge >= 0.3 is 30.1 Å². The number of hydrogen-bond donors (Lipinski definition) is 2. The Balaban J connectivity index is 3.00. The Bertz CT molecular complexity index is 655. The van der Waals surface area contributed by atoms with E-state index in [2.05, 4.69) is 9.47 Å². The smallest absolute Gasteiger partial charge is 0.465 e. The molecule has 0 saturated heterocycles. The van der Waals surface area contributed by atoms with Crippen LogP contribution in [0.1, 0.15) is 20.0 Å². The molecule has 0 atom stereocenters. The molecule has 3 amide bonds. The van der Waals surface area contributed by atoms with Crippen molar-refractivity contribution in [3.8, 4) is 0 Å². The second-order valence-electron chi connectivity index (χ2n) is 3.74. The molecule has 0 aromatic carbocycles. The molecule has 0 fully saturated rings. The molecule has 0 unspecified atom stereocenters. The number of imide groups is 1. The Hall–Kier alpha value is -2.63. The molecule has 12 heteroatoms. The third-order valence-electron chi connectivity index (χ3n) is 2.24. The minimum atomic E-state index is -5.25. The van der Waals surface area contributed by atoms with Gasteiger partial charge in [0, 0.05) is 0 Å². The Morgan fingerprint density at radius 1 is 1.09 bits per heavy atom. The van der Waals surface area contributed by atoms with E-state index in [1.165, 1.54) is 0 Å². The van der Waals surface area contributed by atoms with Gasteiger partial charge in [0.2, 0.25) is 0 Å². The number of carbonyl (C=O) groups is 4. The van der Waals surface area contributed by atoms with E-state index >= 15 is 0 Å². The first-order valence-electron chi connectivity index (χ1n) is 5.59. The van der Waals surface area contributed by atoms with Gasteiger partial charge in [-0.3, -0.25) is 15.4 Å². The first-order chi connectivity index (χ1) is 10.6. The van der Waals surface area contributed by atoms with Gasteiger partial charge in [-0.1, -0.05) is 0 Å². The van der Waals surface area contributed by atoms with Crippen molar-refractivity contribution in [2.45, 2.75) is 6.18 Å². The molecule has 23 heavy (non-hydrogen) atoms. The number of thiophene rings is 1. The largest absolute Gasteiger partial charge is 0.471 e. The lowest BCUT2D eigenvalue weighted by molar-refractivity contribution is -0.172. The summed E-state index contributed by atoms with van der Waals surface area (Å²) in [6.45, 7) is 0. The average Bonchev–Trinajstić information content (AvgIpc) is 2.88. The van der Waals surface area contributed by atoms with Crippen LogP contribution in [0.2, 0.25) is 0 Å². The van der Waals surface area contributed by atoms with Gasteiger partial charge in [0.25, 0.3) is 0 Å². The average molecular weight is 354 g/mol. The number of rotatable bonds is 3. The van der Waals surface area contributed by atoms with Crippen molar-refractivity contribution >= 4 is 40.2 Å². The van der Waals surface area contributed by atoms with E-state index < -0.39 is 30.1 Å². The normalized spacial score (nSPS) is 10.7. The number of esters is 2. The van der Waals surface area contributed by atoms with Gasteiger partial charge < -0.3 is 9.47 Å². The maximum Gasteiger partial charge on any atom is 0.471 e. The zero-order valence-corrected chi connectivity index (χ0v) is 12.4. The highest BCUT2D eigenvalue weighted by atomic mass is 32.1. The summed E-state index contributed by atoms with van der Waals surface area (Å²) >= 11 is 0.559. The highest BCUT2D eigenvalue weighted by Crippen LogP contribution is 2.29. The predicted molar refractivity (Wildman–Crippen MR) is 70.2 cm³/mol. The Morgan fingerprint density at radius 3 is 2.13 bits per heavy atom. The Labute approximate surface area is 130 Å². The molecule has 126 valence electrons. The molecule has 0 aliphatic heterocycles. The van der Waals surface area contributed by atoms with Crippen LogP contribution in [0.15, 0.2) is 6.07 Å². The number of anilines is 1. The van der Waals surface area contributed by atoms with Crippen LogP contribution < -0.4 is 10.6 Å². The fraction of sp³-hybridized carbons (Fsp3) is 0.273. The molecule has 1 heterocycles. The van der Waals surface area contributed by atoms with Gasteiger partial charge in [-0.25, -0.2) is 14.4 Å². The molecular formula is C11H9F3N2O6S. The number of nitrogens with one attached hydrogen (secondary N) is 2. The van der Waals surface area contributed by atoms with Crippen molar-refractivity contribution in [3.63, 3.8) is 0 Å². The van der Waals surface area contributed by atoms with Crippen LogP contribution in [-0.4, -0.2) is 44.3 Å². The molecule has 1 aromatic heterocycles. The van der Waals surface area contributed by atoms with Gasteiger partial charge in [0.1, 0.15) is 9.88 Å². The van der Waals surface area contributed by atoms with Gasteiger partial charge in [-0.15, -0.1) is 11.3 Å². The maximum atomic E-state index is 12.0. The highest BCUT2D eigenvalue weighted by Gasteiger charge is 2.40. The highest BCUT2D eigenvalue weighted by molar-refractivity contribution is 7.18. The third-order valence-corrected chi connectivity index (χ3v) is 3.27. The molecule has 1 rings (SSSR count). The van der Waals surface area contributed by atoms with Gasteiger partial charge in [-0.2, -0.15) is 13.2 Å². The summed E-state index contributed by atoms with van der Waals surface area (Å²) in [5, 5.41) is 2.61. The lowest BCUT2D eigenvalue weighted by Gasteiger charge is -2.08. The van der Waals surface area contributed by atoms with Crippen LogP contribution in [0, 0.1) is 0 Å². The van der Waals surface area contributed by atoms with Crippen molar-refractivity contribution in [1.82, 2.24) is 5.32 Å². The van der Waals surface area contributed by atoms with Gasteiger partial charge in [-0.05, 0) is 6.07 Å². The summed E-state index contributed by atoms with van der Waals surface area (Å²) < 4.78 is 45.0. The van der Waals surface area contributed by atoms with Crippen molar-refractivity contribution in [2.24, 2.45) is 0 Å². The zero-order valence-electron chi connectivity index (χ0n) is 11.6. The first-order valence-corrected chi connectivity index (χ1v) is 6.41. The van der Waals surface area contributed by atoms with E-state index in [0.29, 0.717) is 11.3 Å². The van der Waals surface area contributed by atoms with E-state index in [9.17, 15) is 32.3 Å². The number of methoxy groups -OCH3 is 2. The molecule has 2 N–H and O–H groups in total. The first kappa shape index (κ1) is 18.4. The third kappa shape index (κ3) is 4.67. The van der Waals surface area contributed by atoms with Crippen LogP contribution in [0.5, 0.6) is 0 Å². The summed E-state index contributed by atoms with van der Waals surface area (Å²) in [4.78, 5) is 44.8. The monoisotopic (exact) mass is 354 g/mol. The minimum absolute atomic E-state index is 0.106. The number of ether oxygens (including phenoxy) is 2. The molecule has 0 saturated carbocycles. The van der Waals surface area contributed by atoms with Crippen LogP contribution in [0.25, 0.3) is 0 Å². The second-order valence-corrected chi connectivity index (χ2v) is 4.79. The topological polar surface area (TPSA) is 111 Å². The summed E-state index contributed by atoms with van der Waals surface area (Å²) in [7, 11) is 2.09. The summed E-state index contributed by atoms with van der Waals surface area (Å²) in [5.41, 5.74) is -0.285. The van der Waals surface area contributed by atoms with Crippen LogP contribution in [0.3, 0.4) is 0 Å². The molecule has 1 aromatic rings. The predicted octanol–water partition coefficient (Wildman–Crippen LogP) is 1.53. The maximum absolute atomic E-state index is 12.0. The molecule has 0 spiro atoms. The number of urea groups is 1. The lowest BCUT2D eigenvalue weighted by atomic mass is 10.3. The number of hydrogen-bond acceptors (Lipinski definition) is 7. The fourth-order valence-corrected chi connectivity index (χ4v) is 2.21. The SMILES string of the molecule is COC(=O)c1cc(C(=O)OC)c(NC(=O)NC(=O)C(F)(F)F)s1. The quantitative estimate of drug-likeness (QED) is 0.797. The molecule has 0 aliphatic rings. The van der Waals surface area contributed by atoms with Crippen LogP contribution in [0.4, 0.5) is 23.0 Å². The molecule has 0 bridgehead atoms. The standard InChI is InChI=1S/C11H9F3N2O6S/c1-21-7(17)4-3-5(8(18)22-2)23-6(4)15-10(20)16-9(19)11(12,13)14/h3H,1-2H3,(H2,15,16,19,20). The number of carbonyl (C=O) groups excluding carboxylic acids is 4. The Kier molecular flexibility index (Phi) is 5.68. The van der Waals surface area contributed by atoms with Crippen LogP contribution in [-0.2, 0) is 14.3 Å². The number of amides is 3. The summed E-state index contributed by atoms with van der Waals surface area (Å²) in [6, 6.07) is -0.500. The lowest BCUT2D eigenvalue weighted by Crippen LogP contribution is -2.42. The van der Waals surface area contributed by atoms with E-state index in [0.717, 1.165) is 25.6 Å².